The van der Waals surface area contributed by atoms with Gasteiger partial charge in [0.15, 0.2) is 5.69 Å². The number of rotatable bonds is 3. The fraction of sp³-hybridized carbons (Fsp3) is 0.389. The van der Waals surface area contributed by atoms with E-state index in [1.807, 2.05) is 40.8 Å². The molecule has 6 heteroatoms. The maximum absolute atomic E-state index is 13.0. The van der Waals surface area contributed by atoms with Crippen LogP contribution in [0.5, 0.6) is 0 Å². The molecule has 3 heterocycles. The first-order valence-corrected chi connectivity index (χ1v) is 8.38. The fourth-order valence-corrected chi connectivity index (χ4v) is 3.61. The van der Waals surface area contributed by atoms with Crippen molar-refractivity contribution in [3.8, 4) is 0 Å². The van der Waals surface area contributed by atoms with Gasteiger partial charge in [-0.2, -0.15) is 10.2 Å². The van der Waals surface area contributed by atoms with E-state index in [-0.39, 0.29) is 11.9 Å². The smallest absolute Gasteiger partial charge is 0.275 e. The molecular formula is C18H21N5O. The minimum Gasteiger partial charge on any atom is -0.332 e. The van der Waals surface area contributed by atoms with E-state index in [2.05, 4.69) is 28.3 Å². The number of hydrogen-bond donors (Lipinski definition) is 1. The van der Waals surface area contributed by atoms with Gasteiger partial charge in [-0.3, -0.25) is 14.6 Å². The van der Waals surface area contributed by atoms with Crippen molar-refractivity contribution in [1.29, 1.82) is 0 Å². The van der Waals surface area contributed by atoms with Gasteiger partial charge in [0.25, 0.3) is 5.91 Å². The summed E-state index contributed by atoms with van der Waals surface area (Å²) in [5, 5.41) is 12.6. The summed E-state index contributed by atoms with van der Waals surface area (Å²) in [4.78, 5) is 15.0. The van der Waals surface area contributed by atoms with Gasteiger partial charge in [0, 0.05) is 17.6 Å². The lowest BCUT2D eigenvalue weighted by molar-refractivity contribution is 0.0717. The second-order valence-electron chi connectivity index (χ2n) is 6.52. The van der Waals surface area contributed by atoms with Gasteiger partial charge in [0.1, 0.15) is 0 Å². The van der Waals surface area contributed by atoms with E-state index in [1.54, 1.807) is 0 Å². The molecule has 6 nitrogen and oxygen atoms in total. The summed E-state index contributed by atoms with van der Waals surface area (Å²) >= 11 is 0. The molecule has 0 saturated carbocycles. The number of amides is 1. The molecule has 0 radical (unpaired) electrons. The Hall–Kier alpha value is -2.63. The fourth-order valence-electron chi connectivity index (χ4n) is 3.61. The molecule has 1 atom stereocenters. The summed E-state index contributed by atoms with van der Waals surface area (Å²) in [6.45, 7) is 5.58. The SMILES string of the molecule is Cc1cc(C)n(CC2CCCN2C(=O)c2n[nH]c3ccccc23)n1. The molecule has 1 aliphatic rings. The lowest BCUT2D eigenvalue weighted by atomic mass is 10.1. The molecular weight excluding hydrogens is 302 g/mol. The van der Waals surface area contributed by atoms with Gasteiger partial charge in [-0.1, -0.05) is 18.2 Å². The minimum atomic E-state index is 0.0106. The number of fused-ring (bicyclic) bond motifs is 1. The quantitative estimate of drug-likeness (QED) is 0.806. The molecule has 1 N–H and O–H groups in total. The Bertz CT molecular complexity index is 894. The molecule has 0 aliphatic carbocycles. The topological polar surface area (TPSA) is 66.8 Å². The average molecular weight is 323 g/mol. The summed E-state index contributed by atoms with van der Waals surface area (Å²) in [5.41, 5.74) is 3.57. The number of hydrogen-bond acceptors (Lipinski definition) is 3. The molecule has 1 fully saturated rings. The zero-order valence-corrected chi connectivity index (χ0v) is 14.0. The summed E-state index contributed by atoms with van der Waals surface area (Å²) in [7, 11) is 0. The highest BCUT2D eigenvalue weighted by Crippen LogP contribution is 2.24. The minimum absolute atomic E-state index is 0.0106. The van der Waals surface area contributed by atoms with Crippen LogP contribution in [0, 0.1) is 13.8 Å². The van der Waals surface area contributed by atoms with E-state index >= 15 is 0 Å². The standard InChI is InChI=1S/C18H21N5O/c1-12-10-13(2)23(21-12)11-14-6-5-9-22(14)18(24)17-15-7-3-4-8-16(15)19-20-17/h3-4,7-8,10,14H,5-6,9,11H2,1-2H3,(H,19,20). The van der Waals surface area contributed by atoms with Crippen molar-refractivity contribution >= 4 is 16.8 Å². The molecule has 1 aliphatic heterocycles. The zero-order valence-electron chi connectivity index (χ0n) is 14.0. The molecule has 1 unspecified atom stereocenters. The van der Waals surface area contributed by atoms with Crippen LogP contribution < -0.4 is 0 Å². The molecule has 1 aromatic carbocycles. The first-order valence-electron chi connectivity index (χ1n) is 8.38. The van der Waals surface area contributed by atoms with Crippen LogP contribution in [0.25, 0.3) is 10.9 Å². The molecule has 24 heavy (non-hydrogen) atoms. The Labute approximate surface area is 140 Å². The Morgan fingerprint density at radius 2 is 2.17 bits per heavy atom. The zero-order chi connectivity index (χ0) is 16.7. The van der Waals surface area contributed by atoms with Crippen LogP contribution in [0.3, 0.4) is 0 Å². The lowest BCUT2D eigenvalue weighted by Gasteiger charge is -2.24. The van der Waals surface area contributed by atoms with E-state index in [0.29, 0.717) is 5.69 Å². The Balaban J connectivity index is 1.60. The monoisotopic (exact) mass is 323 g/mol. The van der Waals surface area contributed by atoms with Crippen molar-refractivity contribution in [3.63, 3.8) is 0 Å². The van der Waals surface area contributed by atoms with Crippen molar-refractivity contribution in [3.05, 3.63) is 47.4 Å². The number of para-hydroxylation sites is 1. The first-order chi connectivity index (χ1) is 11.6. The predicted molar refractivity (Wildman–Crippen MR) is 91.9 cm³/mol. The second-order valence-corrected chi connectivity index (χ2v) is 6.52. The molecule has 3 aromatic rings. The van der Waals surface area contributed by atoms with Gasteiger partial charge in [-0.25, -0.2) is 0 Å². The Morgan fingerprint density at radius 1 is 1.33 bits per heavy atom. The number of carbonyl (C=O) groups is 1. The van der Waals surface area contributed by atoms with Crippen LogP contribution in [-0.2, 0) is 6.54 Å². The van der Waals surface area contributed by atoms with E-state index in [9.17, 15) is 4.79 Å². The van der Waals surface area contributed by atoms with Crippen molar-refractivity contribution in [1.82, 2.24) is 24.9 Å². The van der Waals surface area contributed by atoms with Gasteiger partial charge >= 0.3 is 0 Å². The van der Waals surface area contributed by atoms with Crippen LogP contribution in [0.1, 0.15) is 34.7 Å². The number of aromatic nitrogens is 4. The van der Waals surface area contributed by atoms with Crippen LogP contribution in [0.2, 0.25) is 0 Å². The number of H-pyrrole nitrogens is 1. The van der Waals surface area contributed by atoms with E-state index in [0.717, 1.165) is 48.2 Å². The van der Waals surface area contributed by atoms with Crippen LogP contribution >= 0.6 is 0 Å². The highest BCUT2D eigenvalue weighted by Gasteiger charge is 2.32. The number of nitrogens with one attached hydrogen (secondary N) is 1. The van der Waals surface area contributed by atoms with Crippen molar-refractivity contribution < 1.29 is 4.79 Å². The largest absolute Gasteiger partial charge is 0.332 e. The third kappa shape index (κ3) is 2.48. The molecule has 1 saturated heterocycles. The maximum Gasteiger partial charge on any atom is 0.275 e. The van der Waals surface area contributed by atoms with Crippen molar-refractivity contribution in [2.45, 2.75) is 39.3 Å². The second kappa shape index (κ2) is 5.78. The third-order valence-electron chi connectivity index (χ3n) is 4.80. The number of aryl methyl sites for hydroxylation is 2. The summed E-state index contributed by atoms with van der Waals surface area (Å²) in [6.07, 6.45) is 2.03. The predicted octanol–water partition coefficient (Wildman–Crippen LogP) is 2.68. The Kier molecular flexibility index (Phi) is 3.59. The molecule has 2 aromatic heterocycles. The molecule has 0 spiro atoms. The molecule has 1 amide bonds. The number of aromatic amines is 1. The number of nitrogens with zero attached hydrogens (tertiary/aromatic N) is 4. The molecule has 0 bridgehead atoms. The van der Waals surface area contributed by atoms with E-state index < -0.39 is 0 Å². The number of benzene rings is 1. The van der Waals surface area contributed by atoms with E-state index in [1.165, 1.54) is 0 Å². The summed E-state index contributed by atoms with van der Waals surface area (Å²) < 4.78 is 2.01. The molecule has 4 rings (SSSR count). The first kappa shape index (κ1) is 14.9. The summed E-state index contributed by atoms with van der Waals surface area (Å²) in [6, 6.07) is 10.0. The summed E-state index contributed by atoms with van der Waals surface area (Å²) in [5.74, 6) is 0.0106. The number of likely N-dealkylation sites (tertiary alicyclic amines) is 1. The maximum atomic E-state index is 13.0. The van der Waals surface area contributed by atoms with Gasteiger partial charge in [0.05, 0.1) is 23.8 Å². The highest BCUT2D eigenvalue weighted by atomic mass is 16.2. The van der Waals surface area contributed by atoms with Gasteiger partial charge < -0.3 is 4.90 Å². The van der Waals surface area contributed by atoms with Crippen LogP contribution in [-0.4, -0.2) is 43.4 Å². The van der Waals surface area contributed by atoms with Gasteiger partial charge in [-0.05, 0) is 38.8 Å². The van der Waals surface area contributed by atoms with Crippen molar-refractivity contribution in [2.75, 3.05) is 6.54 Å². The van der Waals surface area contributed by atoms with Gasteiger partial charge in [-0.15, -0.1) is 0 Å². The van der Waals surface area contributed by atoms with Crippen LogP contribution in [0.4, 0.5) is 0 Å². The normalized spacial score (nSPS) is 17.8. The lowest BCUT2D eigenvalue weighted by Crippen LogP contribution is -2.38. The number of carbonyl (C=O) groups excluding carboxylic acids is 1. The average Bonchev–Trinajstić information content (AvgIpc) is 3.26. The highest BCUT2D eigenvalue weighted by molar-refractivity contribution is 6.04. The van der Waals surface area contributed by atoms with Crippen molar-refractivity contribution in [2.24, 2.45) is 0 Å². The Morgan fingerprint density at radius 3 is 2.96 bits per heavy atom. The van der Waals surface area contributed by atoms with Crippen LogP contribution in [0.15, 0.2) is 30.3 Å². The third-order valence-corrected chi connectivity index (χ3v) is 4.80. The van der Waals surface area contributed by atoms with E-state index in [4.69, 9.17) is 0 Å². The van der Waals surface area contributed by atoms with Gasteiger partial charge in [0.2, 0.25) is 0 Å². The molecule has 124 valence electrons.